The summed E-state index contributed by atoms with van der Waals surface area (Å²) in [5, 5.41) is 2.80. The van der Waals surface area contributed by atoms with Gasteiger partial charge in [-0.05, 0) is 64.5 Å². The normalized spacial score (nSPS) is 31.7. The van der Waals surface area contributed by atoms with E-state index in [1.54, 1.807) is 6.92 Å². The molecule has 0 bridgehead atoms. The molecule has 1 aliphatic carbocycles. The van der Waals surface area contributed by atoms with E-state index in [2.05, 4.69) is 10.2 Å². The number of hydrogen-bond acceptors (Lipinski definition) is 4. The van der Waals surface area contributed by atoms with Crippen molar-refractivity contribution in [3.63, 3.8) is 0 Å². The number of urea groups is 1. The van der Waals surface area contributed by atoms with Gasteiger partial charge in [0.1, 0.15) is 12.1 Å². The zero-order chi connectivity index (χ0) is 17.6. The van der Waals surface area contributed by atoms with Gasteiger partial charge in [-0.3, -0.25) is 14.5 Å². The zero-order valence-corrected chi connectivity index (χ0v) is 15.0. The topological polar surface area (TPSA) is 73.0 Å². The Morgan fingerprint density at radius 3 is 2.32 bits per heavy atom. The molecule has 1 saturated carbocycles. The molecule has 3 aliphatic heterocycles. The lowest BCUT2D eigenvalue weighted by Crippen LogP contribution is -2.50. The summed E-state index contributed by atoms with van der Waals surface area (Å²) in [5.74, 6) is -0.121. The van der Waals surface area contributed by atoms with Gasteiger partial charge in [-0.15, -0.1) is 0 Å². The van der Waals surface area contributed by atoms with E-state index in [9.17, 15) is 14.4 Å². The van der Waals surface area contributed by atoms with Gasteiger partial charge in [-0.2, -0.15) is 0 Å². The Balaban J connectivity index is 1.32. The Bertz CT molecular complexity index is 577. The smallest absolute Gasteiger partial charge is 0.325 e. The van der Waals surface area contributed by atoms with Gasteiger partial charge < -0.3 is 15.1 Å². The number of nitrogens with zero attached hydrogens (tertiary/aromatic N) is 3. The maximum Gasteiger partial charge on any atom is 0.325 e. The summed E-state index contributed by atoms with van der Waals surface area (Å²) in [6, 6.07) is 0.168. The first-order valence-electron chi connectivity index (χ1n) is 9.65. The Morgan fingerprint density at radius 1 is 1.08 bits per heavy atom. The number of amides is 4. The molecule has 4 fully saturated rings. The Labute approximate surface area is 148 Å². The minimum atomic E-state index is -0.805. The second-order valence-corrected chi connectivity index (χ2v) is 8.15. The van der Waals surface area contributed by atoms with Crippen LogP contribution in [0.25, 0.3) is 0 Å². The molecule has 3 heterocycles. The lowest BCUT2D eigenvalue weighted by Gasteiger charge is -2.37. The van der Waals surface area contributed by atoms with E-state index in [0.29, 0.717) is 6.04 Å². The van der Waals surface area contributed by atoms with Gasteiger partial charge in [0.2, 0.25) is 5.91 Å². The van der Waals surface area contributed by atoms with Gasteiger partial charge in [0.25, 0.3) is 5.91 Å². The van der Waals surface area contributed by atoms with E-state index >= 15 is 0 Å². The van der Waals surface area contributed by atoms with Gasteiger partial charge >= 0.3 is 6.03 Å². The predicted octanol–water partition coefficient (Wildman–Crippen LogP) is 0.794. The molecular weight excluding hydrogens is 320 g/mol. The molecule has 1 N–H and O–H groups in total. The van der Waals surface area contributed by atoms with E-state index in [-0.39, 0.29) is 24.3 Å². The van der Waals surface area contributed by atoms with Crippen LogP contribution in [0.5, 0.6) is 0 Å². The van der Waals surface area contributed by atoms with E-state index in [1.807, 2.05) is 4.90 Å². The molecule has 0 unspecified atom stereocenters. The van der Waals surface area contributed by atoms with Crippen molar-refractivity contribution in [2.24, 2.45) is 5.92 Å². The fraction of sp³-hybridized carbons (Fsp3) is 0.833. The molecule has 4 rings (SSSR count). The van der Waals surface area contributed by atoms with Crippen molar-refractivity contribution in [1.82, 2.24) is 20.0 Å². The molecule has 0 spiro atoms. The van der Waals surface area contributed by atoms with Crippen LogP contribution in [-0.4, -0.2) is 76.8 Å². The highest BCUT2D eigenvalue weighted by Crippen LogP contribution is 2.42. The second-order valence-electron chi connectivity index (χ2n) is 8.15. The zero-order valence-electron chi connectivity index (χ0n) is 15.0. The minimum Gasteiger partial charge on any atom is -0.341 e. The van der Waals surface area contributed by atoms with Gasteiger partial charge in [0, 0.05) is 19.1 Å². The molecule has 0 radical (unpaired) electrons. The predicted molar refractivity (Wildman–Crippen MR) is 91.8 cm³/mol. The molecule has 7 nitrogen and oxygen atoms in total. The molecule has 7 heteroatoms. The molecule has 4 aliphatic rings. The SMILES string of the molecule is C[C@@]1(C2CC2)NC(=O)N(CC(=O)N2CCC(N3CCCC3)CC2)C1=O. The monoisotopic (exact) mass is 348 g/mol. The fourth-order valence-corrected chi connectivity index (χ4v) is 4.62. The number of hydrogen-bond donors (Lipinski definition) is 1. The van der Waals surface area contributed by atoms with Crippen molar-refractivity contribution >= 4 is 17.8 Å². The van der Waals surface area contributed by atoms with Crippen LogP contribution in [0.1, 0.15) is 45.4 Å². The molecular formula is C18H28N4O3. The Morgan fingerprint density at radius 2 is 1.72 bits per heavy atom. The van der Waals surface area contributed by atoms with Gasteiger partial charge in [0.15, 0.2) is 0 Å². The third kappa shape index (κ3) is 3.03. The summed E-state index contributed by atoms with van der Waals surface area (Å²) < 4.78 is 0. The maximum absolute atomic E-state index is 12.6. The number of imide groups is 1. The summed E-state index contributed by atoms with van der Waals surface area (Å²) in [7, 11) is 0. The first-order chi connectivity index (χ1) is 12.0. The maximum atomic E-state index is 12.6. The van der Waals surface area contributed by atoms with Crippen LogP contribution in [0, 0.1) is 5.92 Å². The Hall–Kier alpha value is -1.63. The van der Waals surface area contributed by atoms with E-state index < -0.39 is 11.6 Å². The van der Waals surface area contributed by atoms with Crippen molar-refractivity contribution in [1.29, 1.82) is 0 Å². The van der Waals surface area contributed by atoms with Gasteiger partial charge in [-0.1, -0.05) is 0 Å². The van der Waals surface area contributed by atoms with Crippen molar-refractivity contribution in [3.05, 3.63) is 0 Å². The van der Waals surface area contributed by atoms with Crippen molar-refractivity contribution in [2.45, 2.75) is 57.0 Å². The van der Waals surface area contributed by atoms with Crippen LogP contribution >= 0.6 is 0 Å². The van der Waals surface area contributed by atoms with Crippen LogP contribution in [0.4, 0.5) is 4.79 Å². The van der Waals surface area contributed by atoms with E-state index in [0.717, 1.165) is 43.7 Å². The first kappa shape index (κ1) is 16.8. The van der Waals surface area contributed by atoms with Gasteiger partial charge in [-0.25, -0.2) is 4.79 Å². The van der Waals surface area contributed by atoms with Crippen molar-refractivity contribution in [2.75, 3.05) is 32.7 Å². The molecule has 0 aromatic rings. The number of nitrogens with one attached hydrogen (secondary N) is 1. The molecule has 25 heavy (non-hydrogen) atoms. The van der Waals surface area contributed by atoms with E-state index in [1.165, 1.54) is 25.9 Å². The van der Waals surface area contributed by atoms with Crippen LogP contribution in [0.2, 0.25) is 0 Å². The van der Waals surface area contributed by atoms with Crippen LogP contribution < -0.4 is 5.32 Å². The molecule has 4 amide bonds. The molecule has 0 aromatic heterocycles. The number of likely N-dealkylation sites (tertiary alicyclic amines) is 2. The number of carbonyl (C=O) groups excluding carboxylic acids is 3. The minimum absolute atomic E-state index is 0.108. The average Bonchev–Trinajstić information content (AvgIpc) is 3.29. The Kier molecular flexibility index (Phi) is 4.22. The van der Waals surface area contributed by atoms with Crippen LogP contribution in [0.15, 0.2) is 0 Å². The van der Waals surface area contributed by atoms with Crippen molar-refractivity contribution < 1.29 is 14.4 Å². The first-order valence-corrected chi connectivity index (χ1v) is 9.65. The fourth-order valence-electron chi connectivity index (χ4n) is 4.62. The lowest BCUT2D eigenvalue weighted by atomic mass is 9.96. The third-order valence-electron chi connectivity index (χ3n) is 6.46. The van der Waals surface area contributed by atoms with Gasteiger partial charge in [0.05, 0.1) is 0 Å². The lowest BCUT2D eigenvalue weighted by molar-refractivity contribution is -0.140. The summed E-state index contributed by atoms with van der Waals surface area (Å²) in [5.41, 5.74) is -0.805. The van der Waals surface area contributed by atoms with Crippen LogP contribution in [-0.2, 0) is 9.59 Å². The summed E-state index contributed by atoms with van der Waals surface area (Å²) in [4.78, 5) is 42.9. The largest absolute Gasteiger partial charge is 0.341 e. The summed E-state index contributed by atoms with van der Waals surface area (Å²) >= 11 is 0. The van der Waals surface area contributed by atoms with E-state index in [4.69, 9.17) is 0 Å². The molecule has 0 aromatic carbocycles. The highest BCUT2D eigenvalue weighted by Gasteiger charge is 2.56. The summed E-state index contributed by atoms with van der Waals surface area (Å²) in [6.07, 6.45) is 6.48. The molecule has 138 valence electrons. The average molecular weight is 348 g/mol. The summed E-state index contributed by atoms with van der Waals surface area (Å²) in [6.45, 7) is 5.48. The van der Waals surface area contributed by atoms with Crippen molar-refractivity contribution in [3.8, 4) is 0 Å². The number of piperidine rings is 1. The molecule has 1 atom stereocenters. The number of carbonyl (C=O) groups is 3. The highest BCUT2D eigenvalue weighted by atomic mass is 16.2. The second kappa shape index (κ2) is 6.27. The third-order valence-corrected chi connectivity index (χ3v) is 6.46. The highest BCUT2D eigenvalue weighted by molar-refractivity contribution is 6.09. The van der Waals surface area contributed by atoms with Crippen LogP contribution in [0.3, 0.4) is 0 Å². The molecule has 3 saturated heterocycles. The standard InChI is InChI=1S/C18H28N4O3/c1-18(13-4-5-13)16(24)22(17(25)19-18)12-15(23)21-10-6-14(7-11-21)20-8-2-3-9-20/h13-14H,2-12H2,1H3,(H,19,25)/t18-/m0/s1. The quantitative estimate of drug-likeness (QED) is 0.763. The number of rotatable bonds is 4.